The van der Waals surface area contributed by atoms with E-state index in [-0.39, 0.29) is 17.1 Å². The zero-order valence-electron chi connectivity index (χ0n) is 6.83. The molecule has 1 heterocycles. The molecule has 0 unspecified atom stereocenters. The highest BCUT2D eigenvalue weighted by atomic mass is 19.3. The number of aldehydes is 1. The predicted octanol–water partition coefficient (Wildman–Crippen LogP) is 1.84. The van der Waals surface area contributed by atoms with Crippen molar-refractivity contribution in [3.63, 3.8) is 0 Å². The molecule has 0 aliphatic heterocycles. The maximum Gasteiger partial charge on any atom is 0.264 e. The summed E-state index contributed by atoms with van der Waals surface area (Å²) in [6.07, 6.45) is -2.23. The van der Waals surface area contributed by atoms with E-state index in [9.17, 15) is 13.6 Å². The van der Waals surface area contributed by atoms with Crippen LogP contribution in [0, 0.1) is 0 Å². The number of methoxy groups -OCH3 is 1. The number of nitrogens with zero attached hydrogens (tertiary/aromatic N) is 1. The highest BCUT2D eigenvalue weighted by Crippen LogP contribution is 2.22. The van der Waals surface area contributed by atoms with E-state index in [4.69, 9.17) is 0 Å². The maximum atomic E-state index is 12.2. The molecule has 0 fully saturated rings. The summed E-state index contributed by atoms with van der Waals surface area (Å²) in [7, 11) is 1.30. The molecule has 0 aliphatic rings. The molecule has 0 saturated carbocycles. The van der Waals surface area contributed by atoms with E-state index in [1.807, 2.05) is 0 Å². The van der Waals surface area contributed by atoms with Crippen molar-refractivity contribution in [3.05, 3.63) is 23.4 Å². The first kappa shape index (κ1) is 9.57. The van der Waals surface area contributed by atoms with Gasteiger partial charge in [-0.25, -0.2) is 13.8 Å². The number of hydrogen-bond donors (Lipinski definition) is 0. The van der Waals surface area contributed by atoms with Crippen LogP contribution < -0.4 is 4.74 Å². The second-order valence-corrected chi connectivity index (χ2v) is 2.29. The van der Waals surface area contributed by atoms with Gasteiger partial charge in [0.05, 0.1) is 7.11 Å². The van der Waals surface area contributed by atoms with Gasteiger partial charge in [-0.05, 0) is 6.07 Å². The normalized spacial score (nSPS) is 10.2. The molecule has 0 amide bonds. The van der Waals surface area contributed by atoms with Gasteiger partial charge < -0.3 is 4.74 Å². The fourth-order valence-corrected chi connectivity index (χ4v) is 0.838. The summed E-state index contributed by atoms with van der Waals surface area (Å²) in [5, 5.41) is 0. The van der Waals surface area contributed by atoms with Crippen LogP contribution in [0.1, 0.15) is 22.5 Å². The van der Waals surface area contributed by atoms with E-state index in [0.29, 0.717) is 6.29 Å². The molecule has 0 bridgehead atoms. The summed E-state index contributed by atoms with van der Waals surface area (Å²) in [5.74, 6) is 0.0138. The zero-order valence-corrected chi connectivity index (χ0v) is 6.83. The third-order valence-corrected chi connectivity index (χ3v) is 1.43. The molecule has 1 aromatic heterocycles. The summed E-state index contributed by atoms with van der Waals surface area (Å²) < 4.78 is 29.0. The van der Waals surface area contributed by atoms with Crippen LogP contribution in [-0.4, -0.2) is 18.4 Å². The van der Waals surface area contributed by atoms with E-state index in [1.165, 1.54) is 7.11 Å². The standard InChI is InChI=1S/C8H7F2NO2/c1-13-7-3-5(8(9)10)2-6(4-12)11-7/h2-4,8H,1H3. The largest absolute Gasteiger partial charge is 0.481 e. The molecule has 0 saturated heterocycles. The average Bonchev–Trinajstić information content (AvgIpc) is 2.16. The Bertz CT molecular complexity index is 315. The molecule has 5 heteroatoms. The zero-order chi connectivity index (χ0) is 9.84. The lowest BCUT2D eigenvalue weighted by Gasteiger charge is -2.03. The second kappa shape index (κ2) is 3.93. The Morgan fingerprint density at radius 1 is 1.54 bits per heavy atom. The van der Waals surface area contributed by atoms with Crippen LogP contribution >= 0.6 is 0 Å². The average molecular weight is 187 g/mol. The Kier molecular flexibility index (Phi) is 2.89. The van der Waals surface area contributed by atoms with Gasteiger partial charge in [-0.15, -0.1) is 0 Å². The number of hydrogen-bond acceptors (Lipinski definition) is 3. The van der Waals surface area contributed by atoms with Crippen LogP contribution in [0.25, 0.3) is 0 Å². The number of aromatic nitrogens is 1. The predicted molar refractivity (Wildman–Crippen MR) is 41.1 cm³/mol. The molecule has 1 aromatic rings. The number of ether oxygens (including phenoxy) is 1. The lowest BCUT2D eigenvalue weighted by molar-refractivity contribution is 0.111. The minimum Gasteiger partial charge on any atom is -0.481 e. The quantitative estimate of drug-likeness (QED) is 0.677. The van der Waals surface area contributed by atoms with E-state index in [2.05, 4.69) is 9.72 Å². The van der Waals surface area contributed by atoms with Crippen molar-refractivity contribution in [2.75, 3.05) is 7.11 Å². The first-order valence-corrected chi connectivity index (χ1v) is 3.46. The Labute approximate surface area is 73.4 Å². The Hall–Kier alpha value is -1.52. The second-order valence-electron chi connectivity index (χ2n) is 2.29. The van der Waals surface area contributed by atoms with Gasteiger partial charge in [0.15, 0.2) is 6.29 Å². The van der Waals surface area contributed by atoms with Crippen molar-refractivity contribution in [1.82, 2.24) is 4.98 Å². The first-order chi connectivity index (χ1) is 6.17. The topological polar surface area (TPSA) is 39.2 Å². The van der Waals surface area contributed by atoms with Gasteiger partial charge in [0.2, 0.25) is 5.88 Å². The number of halogens is 2. The summed E-state index contributed by atoms with van der Waals surface area (Å²) in [4.78, 5) is 13.9. The Morgan fingerprint density at radius 3 is 2.69 bits per heavy atom. The Balaban J connectivity index is 3.14. The van der Waals surface area contributed by atoms with E-state index in [0.717, 1.165) is 12.1 Å². The van der Waals surface area contributed by atoms with Crippen molar-refractivity contribution in [2.24, 2.45) is 0 Å². The molecule has 0 atom stereocenters. The summed E-state index contributed by atoms with van der Waals surface area (Å²) >= 11 is 0. The third kappa shape index (κ3) is 2.21. The molecule has 0 spiro atoms. The van der Waals surface area contributed by atoms with Gasteiger partial charge in [-0.1, -0.05) is 0 Å². The minimum atomic E-state index is -2.63. The van der Waals surface area contributed by atoms with Crippen molar-refractivity contribution in [3.8, 4) is 5.88 Å². The highest BCUT2D eigenvalue weighted by Gasteiger charge is 2.10. The molecule has 3 nitrogen and oxygen atoms in total. The van der Waals surface area contributed by atoms with Crippen molar-refractivity contribution in [2.45, 2.75) is 6.43 Å². The number of carbonyl (C=O) groups excluding carboxylic acids is 1. The maximum absolute atomic E-state index is 12.2. The van der Waals surface area contributed by atoms with Gasteiger partial charge in [0.1, 0.15) is 5.69 Å². The Morgan fingerprint density at radius 2 is 2.23 bits per heavy atom. The lowest BCUT2D eigenvalue weighted by Crippen LogP contribution is -1.96. The van der Waals surface area contributed by atoms with Gasteiger partial charge in [-0.2, -0.15) is 0 Å². The summed E-state index contributed by atoms with van der Waals surface area (Å²) in [6.45, 7) is 0. The van der Waals surface area contributed by atoms with Gasteiger partial charge in [0.25, 0.3) is 6.43 Å². The summed E-state index contributed by atoms with van der Waals surface area (Å²) in [6, 6.07) is 2.12. The number of rotatable bonds is 3. The molecular formula is C8H7F2NO2. The van der Waals surface area contributed by atoms with E-state index < -0.39 is 6.43 Å². The van der Waals surface area contributed by atoms with Crippen LogP contribution in [0.5, 0.6) is 5.88 Å². The number of alkyl halides is 2. The van der Waals surface area contributed by atoms with Crippen LogP contribution in [0.15, 0.2) is 12.1 Å². The fraction of sp³-hybridized carbons (Fsp3) is 0.250. The third-order valence-electron chi connectivity index (χ3n) is 1.43. The van der Waals surface area contributed by atoms with E-state index in [1.54, 1.807) is 0 Å². The number of carbonyl (C=O) groups is 1. The highest BCUT2D eigenvalue weighted by molar-refractivity contribution is 5.72. The molecule has 1 rings (SSSR count). The van der Waals surface area contributed by atoms with Crippen molar-refractivity contribution < 1.29 is 18.3 Å². The summed E-state index contributed by atoms with van der Waals surface area (Å²) in [5.41, 5.74) is -0.330. The van der Waals surface area contributed by atoms with Gasteiger partial charge >= 0.3 is 0 Å². The molecular weight excluding hydrogens is 180 g/mol. The van der Waals surface area contributed by atoms with Gasteiger partial charge in [0, 0.05) is 11.6 Å². The first-order valence-electron chi connectivity index (χ1n) is 3.46. The van der Waals surface area contributed by atoms with Crippen molar-refractivity contribution in [1.29, 1.82) is 0 Å². The SMILES string of the molecule is COc1cc(C(F)F)cc(C=O)n1. The monoisotopic (exact) mass is 187 g/mol. The molecule has 13 heavy (non-hydrogen) atoms. The van der Waals surface area contributed by atoms with Crippen molar-refractivity contribution >= 4 is 6.29 Å². The van der Waals surface area contributed by atoms with Crippen LogP contribution in [0.3, 0.4) is 0 Å². The van der Waals surface area contributed by atoms with Crippen LogP contribution in [-0.2, 0) is 0 Å². The smallest absolute Gasteiger partial charge is 0.264 e. The number of pyridine rings is 1. The van der Waals surface area contributed by atoms with E-state index >= 15 is 0 Å². The van der Waals surface area contributed by atoms with Crippen LogP contribution in [0.4, 0.5) is 8.78 Å². The molecule has 0 aliphatic carbocycles. The molecule has 0 aromatic carbocycles. The van der Waals surface area contributed by atoms with Gasteiger partial charge in [-0.3, -0.25) is 4.79 Å². The van der Waals surface area contributed by atoms with Crippen LogP contribution in [0.2, 0.25) is 0 Å². The molecule has 0 radical (unpaired) electrons. The fourth-order valence-electron chi connectivity index (χ4n) is 0.838. The molecule has 0 N–H and O–H groups in total. The molecule has 70 valence electrons. The lowest BCUT2D eigenvalue weighted by atomic mass is 10.2. The minimum absolute atomic E-state index is 0.0138.